The average Bonchev–Trinajstić information content (AvgIpc) is 2.77. The second-order valence-electron chi connectivity index (χ2n) is 8.38. The van der Waals surface area contributed by atoms with E-state index in [1.807, 2.05) is 42.1 Å². The summed E-state index contributed by atoms with van der Waals surface area (Å²) in [6, 6.07) is 10.6. The summed E-state index contributed by atoms with van der Waals surface area (Å²) in [6.07, 6.45) is 2.50. The number of hydrogen-bond acceptors (Lipinski definition) is 6. The fourth-order valence-electron chi connectivity index (χ4n) is 4.88. The SMILES string of the molecule is O=C(CN1CCOCC1)N[C@]1(c2ccccc2)CCN(C2CCSCC2)C[C@H]1O. The third-order valence-corrected chi connectivity index (χ3v) is 7.65. The maximum absolute atomic E-state index is 13.0. The molecule has 0 spiro atoms. The van der Waals surface area contributed by atoms with Gasteiger partial charge in [0.2, 0.25) is 5.91 Å². The first kappa shape index (κ1) is 21.1. The third kappa shape index (κ3) is 4.97. The Morgan fingerprint density at radius 1 is 1.17 bits per heavy atom. The molecule has 3 saturated heterocycles. The Hall–Kier alpha value is -1.12. The maximum atomic E-state index is 13.0. The van der Waals surface area contributed by atoms with E-state index in [1.54, 1.807) is 0 Å². The number of aliphatic hydroxyl groups is 1. The van der Waals surface area contributed by atoms with Crippen LogP contribution in [0.1, 0.15) is 24.8 Å². The number of likely N-dealkylation sites (tertiary alicyclic amines) is 1. The number of ether oxygens (including phenoxy) is 1. The van der Waals surface area contributed by atoms with Gasteiger partial charge in [0.25, 0.3) is 0 Å². The lowest BCUT2D eigenvalue weighted by atomic mass is 9.78. The van der Waals surface area contributed by atoms with Crippen LogP contribution in [0.5, 0.6) is 0 Å². The van der Waals surface area contributed by atoms with E-state index < -0.39 is 11.6 Å². The zero-order valence-corrected chi connectivity index (χ0v) is 17.9. The maximum Gasteiger partial charge on any atom is 0.234 e. The third-order valence-electron chi connectivity index (χ3n) is 6.60. The molecule has 3 fully saturated rings. The van der Waals surface area contributed by atoms with Crippen molar-refractivity contribution in [3.05, 3.63) is 35.9 Å². The number of hydrogen-bond donors (Lipinski definition) is 2. The van der Waals surface area contributed by atoms with Crippen LogP contribution < -0.4 is 5.32 Å². The summed E-state index contributed by atoms with van der Waals surface area (Å²) in [5.74, 6) is 2.40. The number of morpholine rings is 1. The average molecular weight is 420 g/mol. The molecule has 0 aromatic heterocycles. The lowest BCUT2D eigenvalue weighted by molar-refractivity contribution is -0.129. The van der Waals surface area contributed by atoms with Crippen molar-refractivity contribution in [2.45, 2.75) is 36.9 Å². The van der Waals surface area contributed by atoms with Crippen LogP contribution >= 0.6 is 11.8 Å². The van der Waals surface area contributed by atoms with Crippen LogP contribution in [0, 0.1) is 0 Å². The Balaban J connectivity index is 1.48. The van der Waals surface area contributed by atoms with Crippen LogP contribution in [0.2, 0.25) is 0 Å². The highest BCUT2D eigenvalue weighted by molar-refractivity contribution is 7.99. The highest BCUT2D eigenvalue weighted by atomic mass is 32.2. The second-order valence-corrected chi connectivity index (χ2v) is 9.60. The minimum atomic E-state index is -0.718. The molecule has 29 heavy (non-hydrogen) atoms. The first-order chi connectivity index (χ1) is 14.2. The highest BCUT2D eigenvalue weighted by Gasteiger charge is 2.46. The van der Waals surface area contributed by atoms with E-state index in [2.05, 4.69) is 15.1 Å². The van der Waals surface area contributed by atoms with Gasteiger partial charge in [0.1, 0.15) is 0 Å². The van der Waals surface area contributed by atoms with Crippen LogP contribution in [0.3, 0.4) is 0 Å². The number of nitrogens with zero attached hydrogens (tertiary/aromatic N) is 2. The number of nitrogens with one attached hydrogen (secondary N) is 1. The zero-order valence-electron chi connectivity index (χ0n) is 17.1. The van der Waals surface area contributed by atoms with Gasteiger partial charge < -0.3 is 15.2 Å². The van der Waals surface area contributed by atoms with Crippen LogP contribution in [0.15, 0.2) is 30.3 Å². The minimum Gasteiger partial charge on any atom is -0.389 e. The van der Waals surface area contributed by atoms with Crippen molar-refractivity contribution < 1.29 is 14.6 Å². The Bertz CT molecular complexity index is 665. The molecule has 0 radical (unpaired) electrons. The molecule has 4 rings (SSSR count). The largest absolute Gasteiger partial charge is 0.389 e. The fraction of sp³-hybridized carbons (Fsp3) is 0.682. The molecule has 0 unspecified atom stereocenters. The molecule has 3 heterocycles. The molecule has 6 nitrogen and oxygen atoms in total. The topological polar surface area (TPSA) is 65.0 Å². The van der Waals surface area contributed by atoms with E-state index in [1.165, 1.54) is 24.3 Å². The molecular formula is C22H33N3O3S. The molecule has 2 N–H and O–H groups in total. The molecule has 1 aromatic carbocycles. The van der Waals surface area contributed by atoms with Crippen LogP contribution in [-0.2, 0) is 15.1 Å². The summed E-state index contributed by atoms with van der Waals surface area (Å²) in [5, 5.41) is 14.6. The van der Waals surface area contributed by atoms with E-state index in [0.29, 0.717) is 32.3 Å². The first-order valence-electron chi connectivity index (χ1n) is 10.8. The summed E-state index contributed by atoms with van der Waals surface area (Å²) < 4.78 is 5.39. The van der Waals surface area contributed by atoms with Crippen molar-refractivity contribution >= 4 is 17.7 Å². The van der Waals surface area contributed by atoms with Gasteiger partial charge in [-0.3, -0.25) is 14.6 Å². The van der Waals surface area contributed by atoms with Gasteiger partial charge in [0, 0.05) is 32.2 Å². The summed E-state index contributed by atoms with van der Waals surface area (Å²) in [5.41, 5.74) is 0.284. The molecule has 7 heteroatoms. The number of piperidine rings is 1. The predicted molar refractivity (Wildman–Crippen MR) is 116 cm³/mol. The number of carbonyl (C=O) groups excluding carboxylic acids is 1. The van der Waals surface area contributed by atoms with E-state index in [-0.39, 0.29) is 5.91 Å². The van der Waals surface area contributed by atoms with E-state index >= 15 is 0 Å². The van der Waals surface area contributed by atoms with Crippen molar-refractivity contribution in [2.75, 3.05) is 57.4 Å². The van der Waals surface area contributed by atoms with Gasteiger partial charge in [-0.25, -0.2) is 0 Å². The summed E-state index contributed by atoms with van der Waals surface area (Å²) in [4.78, 5) is 17.5. The lowest BCUT2D eigenvalue weighted by Crippen LogP contribution is -2.64. The lowest BCUT2D eigenvalue weighted by Gasteiger charge is -2.49. The summed E-state index contributed by atoms with van der Waals surface area (Å²) >= 11 is 2.03. The number of rotatable bonds is 5. The van der Waals surface area contributed by atoms with Gasteiger partial charge in [0.05, 0.1) is 31.4 Å². The Kier molecular flexibility index (Phi) is 7.13. The number of benzene rings is 1. The molecule has 2 atom stereocenters. The molecule has 0 bridgehead atoms. The smallest absolute Gasteiger partial charge is 0.234 e. The van der Waals surface area contributed by atoms with Gasteiger partial charge >= 0.3 is 0 Å². The van der Waals surface area contributed by atoms with Gasteiger partial charge in [-0.1, -0.05) is 30.3 Å². The zero-order chi connectivity index (χ0) is 20.1. The van der Waals surface area contributed by atoms with Crippen molar-refractivity contribution in [1.82, 2.24) is 15.1 Å². The van der Waals surface area contributed by atoms with Crippen molar-refractivity contribution in [1.29, 1.82) is 0 Å². The molecule has 3 aliphatic rings. The monoisotopic (exact) mass is 419 g/mol. The molecule has 1 aromatic rings. The molecule has 3 aliphatic heterocycles. The van der Waals surface area contributed by atoms with Crippen molar-refractivity contribution in [2.24, 2.45) is 0 Å². The fourth-order valence-corrected chi connectivity index (χ4v) is 5.96. The number of aliphatic hydroxyl groups excluding tert-OH is 1. The number of carbonyl (C=O) groups is 1. The van der Waals surface area contributed by atoms with Crippen LogP contribution in [0.25, 0.3) is 0 Å². The van der Waals surface area contributed by atoms with Crippen LogP contribution in [0.4, 0.5) is 0 Å². The van der Waals surface area contributed by atoms with Crippen molar-refractivity contribution in [3.63, 3.8) is 0 Å². The number of β-amino-alcohol motifs (C(OH)–C–C–N with tert-alkyl or cyclic N) is 1. The summed E-state index contributed by atoms with van der Waals surface area (Å²) in [6.45, 7) is 4.78. The number of thioether (sulfide) groups is 1. The molecule has 160 valence electrons. The Morgan fingerprint density at radius 2 is 1.90 bits per heavy atom. The first-order valence-corrected chi connectivity index (χ1v) is 12.0. The quantitative estimate of drug-likeness (QED) is 0.750. The molecule has 0 aliphatic carbocycles. The second kappa shape index (κ2) is 9.79. The molecule has 1 amide bonds. The van der Waals surface area contributed by atoms with Gasteiger partial charge in [0.15, 0.2) is 0 Å². The van der Waals surface area contributed by atoms with Crippen molar-refractivity contribution in [3.8, 4) is 0 Å². The highest BCUT2D eigenvalue weighted by Crippen LogP contribution is 2.35. The molecule has 0 saturated carbocycles. The Labute approximate surface area is 178 Å². The van der Waals surface area contributed by atoms with E-state index in [4.69, 9.17) is 4.74 Å². The minimum absolute atomic E-state index is 0.0164. The molecular weight excluding hydrogens is 386 g/mol. The summed E-state index contributed by atoms with van der Waals surface area (Å²) in [7, 11) is 0. The van der Waals surface area contributed by atoms with E-state index in [0.717, 1.165) is 31.6 Å². The number of amides is 1. The Morgan fingerprint density at radius 3 is 2.59 bits per heavy atom. The van der Waals surface area contributed by atoms with E-state index in [9.17, 15) is 9.90 Å². The van der Waals surface area contributed by atoms with Gasteiger partial charge in [-0.05, 0) is 36.3 Å². The van der Waals surface area contributed by atoms with Gasteiger partial charge in [-0.2, -0.15) is 11.8 Å². The van der Waals surface area contributed by atoms with Crippen LogP contribution in [-0.4, -0.2) is 90.4 Å². The standard InChI is InChI=1S/C22H33N3O3S/c26-20-16-25(19-6-14-29-15-7-19)9-8-22(20,18-4-2-1-3-5-18)23-21(27)17-24-10-12-28-13-11-24/h1-5,19-20,26H,6-17H2,(H,23,27)/t20-,22+/m1/s1. The van der Waals surface area contributed by atoms with Gasteiger partial charge in [-0.15, -0.1) is 0 Å². The normalized spacial score (nSPS) is 30.2. The predicted octanol–water partition coefficient (Wildman–Crippen LogP) is 1.29.